The third-order valence-corrected chi connectivity index (χ3v) is 10.1. The maximum absolute atomic E-state index is 14.1. The highest BCUT2D eigenvalue weighted by Crippen LogP contribution is 2.68. The molecule has 1 aromatic carbocycles. The van der Waals surface area contributed by atoms with Crippen molar-refractivity contribution in [1.82, 2.24) is 0 Å². The second-order valence-electron chi connectivity index (χ2n) is 12.0. The third kappa shape index (κ3) is 3.10. The van der Waals surface area contributed by atoms with E-state index in [0.717, 1.165) is 0 Å². The maximum Gasteiger partial charge on any atom is 0.343 e. The zero-order chi connectivity index (χ0) is 29.8. The van der Waals surface area contributed by atoms with Gasteiger partial charge in [0.05, 0.1) is 43.3 Å². The molecule has 2 N–H and O–H groups in total. The first-order valence-corrected chi connectivity index (χ1v) is 13.4. The summed E-state index contributed by atoms with van der Waals surface area (Å²) in [7, 11) is 4.45. The van der Waals surface area contributed by atoms with E-state index < -0.39 is 39.0 Å². The fourth-order valence-corrected chi connectivity index (χ4v) is 7.50. The number of hydrogen-bond acceptors (Lipinski definition) is 11. The lowest BCUT2D eigenvalue weighted by atomic mass is 9.40. The van der Waals surface area contributed by atoms with Gasteiger partial charge in [0, 0.05) is 18.1 Å². The normalized spacial score (nSPS) is 32.9. The van der Waals surface area contributed by atoms with Gasteiger partial charge in [-0.25, -0.2) is 4.79 Å². The van der Waals surface area contributed by atoms with Crippen molar-refractivity contribution in [1.29, 1.82) is 0 Å². The molecule has 0 radical (unpaired) electrons. The van der Waals surface area contributed by atoms with E-state index in [1.165, 1.54) is 28.3 Å². The number of fused-ring (bicyclic) bond motifs is 4. The average Bonchev–Trinajstić information content (AvgIpc) is 3.45. The minimum Gasteiger partial charge on any atom is -0.493 e. The topological polar surface area (TPSA) is 143 Å². The Kier molecular flexibility index (Phi) is 5.64. The van der Waals surface area contributed by atoms with Crippen molar-refractivity contribution in [2.75, 3.05) is 28.1 Å². The van der Waals surface area contributed by atoms with E-state index in [1.807, 2.05) is 0 Å². The number of Topliss-reactive ketones (excluding diaryl/α,β-unsaturated/α-hetero) is 1. The first-order chi connectivity index (χ1) is 19.2. The molecule has 0 spiro atoms. The number of carbonyl (C=O) groups excluding carboxylic acids is 1. The summed E-state index contributed by atoms with van der Waals surface area (Å²) in [5.41, 5.74) is -8.23. The van der Waals surface area contributed by atoms with Gasteiger partial charge in [0.25, 0.3) is 0 Å². The number of allylic oxidation sites excluding steroid dienone is 1. The van der Waals surface area contributed by atoms with Crippen molar-refractivity contribution >= 4 is 5.78 Å². The second-order valence-corrected chi connectivity index (χ2v) is 12.0. The third-order valence-electron chi connectivity index (χ3n) is 10.1. The maximum atomic E-state index is 14.1. The number of benzene rings is 1. The van der Waals surface area contributed by atoms with Crippen molar-refractivity contribution in [3.8, 4) is 34.3 Å². The van der Waals surface area contributed by atoms with Gasteiger partial charge in [-0.15, -0.1) is 0 Å². The smallest absolute Gasteiger partial charge is 0.343 e. The number of ketones is 1. The van der Waals surface area contributed by atoms with Gasteiger partial charge in [0.2, 0.25) is 24.1 Å². The van der Waals surface area contributed by atoms with E-state index in [-0.39, 0.29) is 54.6 Å². The SMILES string of the molecule is COc1cc(-c2cc3c(c(=O)o2)C[C@]2(O)[C@@]4(C)C(=O)C5=C(OCO5)C(C)(C)[C@]4(O)CC[C@@]2(C)O3)cc(OC)c1OC. The molecule has 1 aromatic heterocycles. The lowest BCUT2D eigenvalue weighted by Gasteiger charge is -2.68. The van der Waals surface area contributed by atoms with E-state index in [2.05, 4.69) is 0 Å². The summed E-state index contributed by atoms with van der Waals surface area (Å²) in [6.07, 6.45) is 0.0213. The molecule has 220 valence electrons. The van der Waals surface area contributed by atoms with Crippen molar-refractivity contribution in [2.45, 2.75) is 63.8 Å². The minimum absolute atomic E-state index is 0.0181. The Morgan fingerprint density at radius 2 is 1.51 bits per heavy atom. The average molecular weight is 571 g/mol. The molecule has 2 aromatic rings. The highest BCUT2D eigenvalue weighted by molar-refractivity contribution is 6.02. The highest BCUT2D eigenvalue weighted by Gasteiger charge is 2.81. The molecular weight excluding hydrogens is 536 g/mol. The summed E-state index contributed by atoms with van der Waals surface area (Å²) in [5, 5.41) is 24.9. The van der Waals surface area contributed by atoms with Crippen LogP contribution in [-0.4, -0.2) is 60.9 Å². The Morgan fingerprint density at radius 1 is 0.854 bits per heavy atom. The van der Waals surface area contributed by atoms with Crippen LogP contribution in [0.2, 0.25) is 0 Å². The highest BCUT2D eigenvalue weighted by atomic mass is 16.7. The van der Waals surface area contributed by atoms with E-state index >= 15 is 0 Å². The zero-order valence-electron chi connectivity index (χ0n) is 24.1. The molecule has 2 aliphatic heterocycles. The predicted molar refractivity (Wildman–Crippen MR) is 143 cm³/mol. The Hall–Kier alpha value is -3.70. The number of rotatable bonds is 4. The first-order valence-electron chi connectivity index (χ1n) is 13.4. The number of methoxy groups -OCH3 is 3. The second kappa shape index (κ2) is 8.42. The van der Waals surface area contributed by atoms with Crippen molar-refractivity contribution in [2.24, 2.45) is 10.8 Å². The minimum atomic E-state index is -2.01. The molecule has 4 aliphatic rings. The van der Waals surface area contributed by atoms with Gasteiger partial charge in [-0.05, 0) is 52.7 Å². The summed E-state index contributed by atoms with van der Waals surface area (Å²) >= 11 is 0. The van der Waals surface area contributed by atoms with E-state index in [1.54, 1.807) is 39.0 Å². The van der Waals surface area contributed by atoms with Crippen LogP contribution < -0.4 is 24.6 Å². The van der Waals surface area contributed by atoms with Gasteiger partial charge in [-0.1, -0.05) is 0 Å². The number of ether oxygens (including phenoxy) is 6. The fraction of sp³-hybridized carbons (Fsp3) is 0.533. The molecule has 2 aliphatic carbocycles. The molecule has 41 heavy (non-hydrogen) atoms. The van der Waals surface area contributed by atoms with E-state index in [4.69, 9.17) is 32.8 Å². The van der Waals surface area contributed by atoms with Gasteiger partial charge in [0.15, 0.2) is 17.3 Å². The molecule has 0 saturated heterocycles. The molecule has 0 unspecified atom stereocenters. The lowest BCUT2D eigenvalue weighted by molar-refractivity contribution is -0.302. The lowest BCUT2D eigenvalue weighted by Crippen LogP contribution is -2.82. The molecule has 1 saturated carbocycles. The van der Waals surface area contributed by atoms with Crippen LogP contribution in [0.1, 0.15) is 46.1 Å². The summed E-state index contributed by atoms with van der Waals surface area (Å²) in [6.45, 7) is 6.60. The largest absolute Gasteiger partial charge is 0.493 e. The molecule has 0 bridgehead atoms. The van der Waals surface area contributed by atoms with Crippen LogP contribution in [0.15, 0.2) is 38.9 Å². The van der Waals surface area contributed by atoms with E-state index in [0.29, 0.717) is 22.8 Å². The summed E-state index contributed by atoms with van der Waals surface area (Å²) in [5.74, 6) is 1.17. The predicted octanol–water partition coefficient (Wildman–Crippen LogP) is 3.11. The van der Waals surface area contributed by atoms with Crippen LogP contribution >= 0.6 is 0 Å². The number of hydrogen-bond donors (Lipinski definition) is 2. The van der Waals surface area contributed by atoms with Crippen LogP contribution in [0, 0.1) is 10.8 Å². The molecular formula is C30H34O11. The summed E-state index contributed by atoms with van der Waals surface area (Å²) in [6, 6.07) is 4.87. The monoisotopic (exact) mass is 570 g/mol. The Balaban J connectivity index is 1.50. The number of carbonyl (C=O) groups is 1. The van der Waals surface area contributed by atoms with Crippen LogP contribution in [0.4, 0.5) is 0 Å². The molecule has 3 heterocycles. The van der Waals surface area contributed by atoms with Crippen LogP contribution in [0.3, 0.4) is 0 Å². The number of aliphatic hydroxyl groups is 2. The fourth-order valence-electron chi connectivity index (χ4n) is 7.50. The van der Waals surface area contributed by atoms with Crippen LogP contribution in [0.5, 0.6) is 23.0 Å². The van der Waals surface area contributed by atoms with Gasteiger partial charge >= 0.3 is 5.63 Å². The zero-order valence-corrected chi connectivity index (χ0v) is 24.1. The van der Waals surface area contributed by atoms with E-state index in [9.17, 15) is 19.8 Å². The van der Waals surface area contributed by atoms with Gasteiger partial charge in [0.1, 0.15) is 22.7 Å². The standard InChI is InChI=1S/C30H34O11/c1-26(2)24-22(38-14-39-24)23(31)28(4)29(26,33)9-8-27(3)30(28,34)13-16-18(41-27)12-17(40-25(16)32)15-10-19(35-5)21(37-7)20(11-15)36-6/h10-12,33-34H,8-9,13-14H2,1-7H3/t27-,28+,29-,30-/m1/s1. The quantitative estimate of drug-likeness (QED) is 0.560. The summed E-state index contributed by atoms with van der Waals surface area (Å²) in [4.78, 5) is 27.6. The molecule has 6 rings (SSSR count). The molecule has 11 nitrogen and oxygen atoms in total. The first kappa shape index (κ1) is 27.5. The van der Waals surface area contributed by atoms with Crippen molar-refractivity contribution in [3.63, 3.8) is 0 Å². The molecule has 4 atom stereocenters. The summed E-state index contributed by atoms with van der Waals surface area (Å²) < 4.78 is 39.7. The Labute approximate surface area is 236 Å². The van der Waals surface area contributed by atoms with Gasteiger partial charge in [-0.3, -0.25) is 4.79 Å². The Bertz CT molecular complexity index is 1550. The van der Waals surface area contributed by atoms with Gasteiger partial charge in [-0.2, -0.15) is 0 Å². The Morgan fingerprint density at radius 3 is 2.12 bits per heavy atom. The molecule has 11 heteroatoms. The molecule has 1 fully saturated rings. The molecule has 0 amide bonds. The van der Waals surface area contributed by atoms with Gasteiger partial charge < -0.3 is 43.1 Å². The van der Waals surface area contributed by atoms with Crippen LogP contribution in [-0.2, 0) is 20.7 Å². The van der Waals surface area contributed by atoms with Crippen LogP contribution in [0.25, 0.3) is 11.3 Å². The van der Waals surface area contributed by atoms with Crippen molar-refractivity contribution in [3.05, 3.63) is 45.7 Å². The van der Waals surface area contributed by atoms with Crippen molar-refractivity contribution < 1.29 is 47.8 Å².